The van der Waals surface area contributed by atoms with Gasteiger partial charge in [-0.15, -0.1) is 12.4 Å². The number of halogens is 2. The first-order chi connectivity index (χ1) is 8.19. The third-order valence-corrected chi connectivity index (χ3v) is 3.63. The van der Waals surface area contributed by atoms with Crippen molar-refractivity contribution in [2.45, 2.75) is 24.0 Å². The first-order valence-electron chi connectivity index (χ1n) is 5.72. The first-order valence-corrected chi connectivity index (χ1v) is 7.32. The second-order valence-corrected chi connectivity index (χ2v) is 5.37. The predicted molar refractivity (Wildman–Crippen MR) is 80.4 cm³/mol. The maximum atomic E-state index is 5.98. The molecule has 1 saturated heterocycles. The highest BCUT2D eigenvalue weighted by molar-refractivity contribution is 7.98. The van der Waals surface area contributed by atoms with Crippen LogP contribution in [0.1, 0.15) is 12.8 Å². The van der Waals surface area contributed by atoms with Gasteiger partial charge in [-0.1, -0.05) is 23.4 Å². The number of hydrogen-bond acceptors (Lipinski definition) is 5. The van der Waals surface area contributed by atoms with Gasteiger partial charge in [-0.05, 0) is 25.6 Å². The molecule has 0 amide bonds. The summed E-state index contributed by atoms with van der Waals surface area (Å²) in [5, 5.41) is 4.70. The highest BCUT2D eigenvalue weighted by Gasteiger charge is 2.17. The minimum Gasteiger partial charge on any atom is -0.358 e. The van der Waals surface area contributed by atoms with Crippen LogP contribution in [0.3, 0.4) is 0 Å². The van der Waals surface area contributed by atoms with Crippen LogP contribution in [0.25, 0.3) is 0 Å². The van der Waals surface area contributed by atoms with Crippen LogP contribution in [-0.4, -0.2) is 42.4 Å². The fraction of sp³-hybridized carbons (Fsp3) is 0.636. The minimum atomic E-state index is 0. The molecule has 0 aromatic carbocycles. The van der Waals surface area contributed by atoms with E-state index in [1.54, 1.807) is 0 Å². The van der Waals surface area contributed by atoms with Gasteiger partial charge >= 0.3 is 0 Å². The van der Waals surface area contributed by atoms with Crippen LogP contribution < -0.4 is 10.2 Å². The van der Waals surface area contributed by atoms with Gasteiger partial charge in [-0.2, -0.15) is 0 Å². The smallest absolute Gasteiger partial charge is 0.190 e. The molecule has 1 aliphatic rings. The molecule has 4 nitrogen and oxygen atoms in total. The molecule has 0 bridgehead atoms. The number of nitrogens with one attached hydrogen (secondary N) is 1. The van der Waals surface area contributed by atoms with Gasteiger partial charge in [0.25, 0.3) is 0 Å². The van der Waals surface area contributed by atoms with Gasteiger partial charge in [0.2, 0.25) is 0 Å². The molecule has 1 fully saturated rings. The van der Waals surface area contributed by atoms with Gasteiger partial charge in [0.05, 0.1) is 0 Å². The minimum absolute atomic E-state index is 0. The van der Waals surface area contributed by atoms with Gasteiger partial charge in [0.1, 0.15) is 11.0 Å². The van der Waals surface area contributed by atoms with E-state index in [2.05, 4.69) is 20.2 Å². The Morgan fingerprint density at radius 3 is 2.94 bits per heavy atom. The predicted octanol–water partition coefficient (Wildman–Crippen LogP) is 2.46. The van der Waals surface area contributed by atoms with Crippen molar-refractivity contribution in [3.05, 3.63) is 11.2 Å². The molecule has 1 aromatic heterocycles. The van der Waals surface area contributed by atoms with E-state index in [0.29, 0.717) is 11.2 Å². The number of nitrogens with zero attached hydrogens (tertiary/aromatic N) is 3. The van der Waals surface area contributed by atoms with Crippen LogP contribution in [0, 0.1) is 0 Å². The molecule has 1 aliphatic heterocycles. The average molecular weight is 309 g/mol. The van der Waals surface area contributed by atoms with Crippen molar-refractivity contribution in [3.63, 3.8) is 0 Å². The topological polar surface area (TPSA) is 41.1 Å². The molecular formula is C11H18Cl2N4S. The van der Waals surface area contributed by atoms with E-state index in [4.69, 9.17) is 11.6 Å². The van der Waals surface area contributed by atoms with Crippen molar-refractivity contribution in [1.82, 2.24) is 15.3 Å². The van der Waals surface area contributed by atoms with E-state index in [0.717, 1.165) is 24.1 Å². The Morgan fingerprint density at radius 2 is 2.33 bits per heavy atom. The van der Waals surface area contributed by atoms with Crippen molar-refractivity contribution in [1.29, 1.82) is 0 Å². The van der Waals surface area contributed by atoms with E-state index in [1.807, 2.05) is 19.4 Å². The van der Waals surface area contributed by atoms with Crippen molar-refractivity contribution in [3.8, 4) is 0 Å². The van der Waals surface area contributed by atoms with E-state index in [-0.39, 0.29) is 12.4 Å². The van der Waals surface area contributed by atoms with Crippen LogP contribution >= 0.6 is 35.8 Å². The van der Waals surface area contributed by atoms with Crippen molar-refractivity contribution in [2.75, 3.05) is 31.3 Å². The SMILES string of the molecule is CSc1nc(Cl)cc(N(C)CC2CCCN2)n1.Cl. The molecule has 7 heteroatoms. The molecule has 102 valence electrons. The van der Waals surface area contributed by atoms with Gasteiger partial charge in [0.15, 0.2) is 5.16 Å². The Labute approximate surface area is 123 Å². The second-order valence-electron chi connectivity index (χ2n) is 4.21. The van der Waals surface area contributed by atoms with Crippen LogP contribution in [0.4, 0.5) is 5.82 Å². The quantitative estimate of drug-likeness (QED) is 0.526. The zero-order chi connectivity index (χ0) is 12.3. The summed E-state index contributed by atoms with van der Waals surface area (Å²) >= 11 is 7.49. The number of anilines is 1. The highest BCUT2D eigenvalue weighted by Crippen LogP contribution is 2.20. The summed E-state index contributed by atoms with van der Waals surface area (Å²) in [6, 6.07) is 2.38. The van der Waals surface area contributed by atoms with Crippen molar-refractivity contribution < 1.29 is 0 Å². The monoisotopic (exact) mass is 308 g/mol. The highest BCUT2D eigenvalue weighted by atomic mass is 35.5. The lowest BCUT2D eigenvalue weighted by Crippen LogP contribution is -2.35. The third-order valence-electron chi connectivity index (χ3n) is 2.89. The van der Waals surface area contributed by atoms with Gasteiger partial charge in [-0.25, -0.2) is 9.97 Å². The Balaban J connectivity index is 0.00000162. The summed E-state index contributed by atoms with van der Waals surface area (Å²) in [6.45, 7) is 2.08. The van der Waals surface area contributed by atoms with E-state index >= 15 is 0 Å². The fourth-order valence-electron chi connectivity index (χ4n) is 2.01. The number of rotatable bonds is 4. The van der Waals surface area contributed by atoms with E-state index in [1.165, 1.54) is 24.6 Å². The van der Waals surface area contributed by atoms with Gasteiger partial charge < -0.3 is 10.2 Å². The van der Waals surface area contributed by atoms with Crippen LogP contribution in [-0.2, 0) is 0 Å². The maximum absolute atomic E-state index is 5.98. The molecule has 2 rings (SSSR count). The molecular weight excluding hydrogens is 291 g/mol. The zero-order valence-electron chi connectivity index (χ0n) is 10.5. The first kappa shape index (κ1) is 15.8. The molecule has 0 radical (unpaired) electrons. The average Bonchev–Trinajstić information content (AvgIpc) is 2.81. The summed E-state index contributed by atoms with van der Waals surface area (Å²) in [4.78, 5) is 10.7. The largest absolute Gasteiger partial charge is 0.358 e. The molecule has 2 heterocycles. The van der Waals surface area contributed by atoms with Crippen LogP contribution in [0.5, 0.6) is 0 Å². The Kier molecular flexibility index (Phi) is 6.49. The van der Waals surface area contributed by atoms with Crippen molar-refractivity contribution >= 4 is 41.6 Å². The Hall–Kier alpha value is -0.230. The third kappa shape index (κ3) is 4.16. The summed E-state index contributed by atoms with van der Waals surface area (Å²) < 4.78 is 0. The van der Waals surface area contributed by atoms with Crippen molar-refractivity contribution in [2.24, 2.45) is 0 Å². The van der Waals surface area contributed by atoms with Gasteiger partial charge in [0, 0.05) is 25.7 Å². The second kappa shape index (κ2) is 7.38. The summed E-state index contributed by atoms with van der Waals surface area (Å²) in [6.07, 6.45) is 4.45. The molecule has 0 saturated carbocycles. The number of thioether (sulfide) groups is 1. The standard InChI is InChI=1S/C11H17ClN4S.ClH/c1-16(7-8-4-3-5-13-8)10-6-9(12)14-11(15-10)17-2;/h6,8,13H,3-5,7H2,1-2H3;1H. The summed E-state index contributed by atoms with van der Waals surface area (Å²) in [5.41, 5.74) is 0. The zero-order valence-corrected chi connectivity index (χ0v) is 12.9. The Morgan fingerprint density at radius 1 is 1.56 bits per heavy atom. The molecule has 1 aromatic rings. The normalized spacial score (nSPS) is 18.5. The molecule has 18 heavy (non-hydrogen) atoms. The maximum Gasteiger partial charge on any atom is 0.190 e. The number of hydrogen-bond donors (Lipinski definition) is 1. The molecule has 1 unspecified atom stereocenters. The molecule has 0 spiro atoms. The van der Waals surface area contributed by atoms with Crippen LogP contribution in [0.2, 0.25) is 5.15 Å². The lowest BCUT2D eigenvalue weighted by atomic mass is 10.2. The number of likely N-dealkylation sites (N-methyl/N-ethyl adjacent to an activating group) is 1. The summed E-state index contributed by atoms with van der Waals surface area (Å²) in [7, 11) is 2.04. The van der Waals surface area contributed by atoms with Crippen LogP contribution in [0.15, 0.2) is 11.2 Å². The number of aromatic nitrogens is 2. The molecule has 0 aliphatic carbocycles. The lowest BCUT2D eigenvalue weighted by Gasteiger charge is -2.22. The Bertz CT molecular complexity index is 385. The summed E-state index contributed by atoms with van der Waals surface area (Å²) in [5.74, 6) is 0.892. The lowest BCUT2D eigenvalue weighted by molar-refractivity contribution is 0.596. The molecule has 1 atom stereocenters. The van der Waals surface area contributed by atoms with E-state index < -0.39 is 0 Å². The van der Waals surface area contributed by atoms with Gasteiger partial charge in [-0.3, -0.25) is 0 Å². The van der Waals surface area contributed by atoms with E-state index in [9.17, 15) is 0 Å². The molecule has 1 N–H and O–H groups in total. The fourth-order valence-corrected chi connectivity index (χ4v) is 2.61.